The molecular weight excluding hydrogens is 615 g/mol. The zero-order valence-electron chi connectivity index (χ0n) is 30.5. The lowest BCUT2D eigenvalue weighted by atomic mass is 9.71. The average Bonchev–Trinajstić information content (AvgIpc) is 3.81. The summed E-state index contributed by atoms with van der Waals surface area (Å²) in [7, 11) is 1.77. The Balaban J connectivity index is 1.05. The molecule has 0 N–H and O–H groups in total. The first-order chi connectivity index (χ1) is 23.4. The Morgan fingerprint density at radius 2 is 1.73 bits per heavy atom. The van der Waals surface area contributed by atoms with Crippen LogP contribution in [-0.2, 0) is 11.2 Å². The Morgan fingerprint density at radius 1 is 1.02 bits per heavy atom. The number of aromatic nitrogens is 2. The minimum Gasteiger partial charge on any atom is -0.342 e. The molecule has 3 aliphatic heterocycles. The number of fused-ring (bicyclic) bond motifs is 2. The number of amides is 2. The summed E-state index contributed by atoms with van der Waals surface area (Å²) in [5, 5.41) is 1.19. The Morgan fingerprint density at radius 3 is 2.39 bits per heavy atom. The van der Waals surface area contributed by atoms with Gasteiger partial charge in [0.1, 0.15) is 5.82 Å². The van der Waals surface area contributed by atoms with Crippen LogP contribution >= 0.6 is 0 Å². The molecule has 1 saturated carbocycles. The topological polar surface area (TPSA) is 64.9 Å². The maximum absolute atomic E-state index is 14.6. The van der Waals surface area contributed by atoms with Gasteiger partial charge < -0.3 is 14.4 Å². The molecule has 0 bridgehead atoms. The molecule has 8 nitrogen and oxygen atoms in total. The van der Waals surface area contributed by atoms with Crippen molar-refractivity contribution in [3.63, 3.8) is 0 Å². The van der Waals surface area contributed by atoms with Gasteiger partial charge in [-0.25, -0.2) is 4.39 Å². The second-order valence-corrected chi connectivity index (χ2v) is 16.4. The molecule has 1 aliphatic carbocycles. The molecule has 1 unspecified atom stereocenters. The van der Waals surface area contributed by atoms with Crippen LogP contribution in [0.2, 0.25) is 0 Å². The van der Waals surface area contributed by atoms with Crippen LogP contribution in [0.25, 0.3) is 16.6 Å². The van der Waals surface area contributed by atoms with E-state index in [9.17, 15) is 14.0 Å². The Labute approximate surface area is 291 Å². The zero-order chi connectivity index (χ0) is 34.7. The number of pyridine rings is 1. The zero-order valence-corrected chi connectivity index (χ0v) is 30.5. The van der Waals surface area contributed by atoms with E-state index in [0.717, 1.165) is 62.7 Å². The quantitative estimate of drug-likeness (QED) is 0.278. The summed E-state index contributed by atoms with van der Waals surface area (Å²) in [6.07, 6.45) is 10.7. The summed E-state index contributed by atoms with van der Waals surface area (Å²) in [6, 6.07) is 5.85. The van der Waals surface area contributed by atoms with Crippen LogP contribution in [0.1, 0.15) is 75.4 Å². The van der Waals surface area contributed by atoms with Gasteiger partial charge in [-0.15, -0.1) is 0 Å². The molecule has 5 heterocycles. The normalized spacial score (nSPS) is 26.6. The lowest BCUT2D eigenvalue weighted by molar-refractivity contribution is -0.128. The highest BCUT2D eigenvalue weighted by molar-refractivity contribution is 5.99. The van der Waals surface area contributed by atoms with Crippen molar-refractivity contribution in [2.45, 2.75) is 85.4 Å². The number of hydrogen-bond donors (Lipinski definition) is 0. The van der Waals surface area contributed by atoms with Crippen LogP contribution in [0.15, 0.2) is 36.8 Å². The van der Waals surface area contributed by atoms with Crippen molar-refractivity contribution >= 4 is 22.7 Å². The first-order valence-electron chi connectivity index (χ1n) is 18.6. The van der Waals surface area contributed by atoms with E-state index in [4.69, 9.17) is 0 Å². The van der Waals surface area contributed by atoms with Gasteiger partial charge in [0.15, 0.2) is 0 Å². The number of halogens is 1. The first-order valence-corrected chi connectivity index (χ1v) is 18.6. The minimum atomic E-state index is -0.414. The molecule has 7 rings (SSSR count). The molecule has 4 atom stereocenters. The number of carbonyl (C=O) groups excluding carboxylic acids is 2. The van der Waals surface area contributed by atoms with Crippen molar-refractivity contribution in [1.29, 1.82) is 0 Å². The third-order valence-electron chi connectivity index (χ3n) is 12.6. The van der Waals surface area contributed by atoms with Crippen molar-refractivity contribution < 1.29 is 14.0 Å². The summed E-state index contributed by atoms with van der Waals surface area (Å²) in [6.45, 7) is 19.0. The van der Waals surface area contributed by atoms with Gasteiger partial charge in [-0.3, -0.25) is 24.4 Å². The number of likely N-dealkylation sites (tertiary alicyclic amines) is 3. The number of aryl methyl sites for hydroxylation is 1. The van der Waals surface area contributed by atoms with Gasteiger partial charge in [0.2, 0.25) is 5.91 Å². The standard InChI is InChI=1S/C40H55FN6O2/c1-24(2)39(29-13-34(14-29)46-21-31-19-45(27(6)48)20-32(31)22-46)44-11-10-28(18-44)12-30-23-47(37-17-42-16-26(5)38(30)37)36-9-8-33(41)15-35(36)40(49)43(7)25(3)4/h8-9,15-17,23-25,28-29,31-32,34,39H,10-14,18-22H2,1-7H3/t28-,29?,31-,32-,34?,39?/m1/s1. The predicted octanol–water partition coefficient (Wildman–Crippen LogP) is 6.03. The fourth-order valence-corrected chi connectivity index (χ4v) is 9.78. The van der Waals surface area contributed by atoms with Gasteiger partial charge >= 0.3 is 0 Å². The molecule has 0 spiro atoms. The molecule has 4 fully saturated rings. The number of benzene rings is 1. The third-order valence-corrected chi connectivity index (χ3v) is 12.6. The fraction of sp³-hybridized carbons (Fsp3) is 0.625. The van der Waals surface area contributed by atoms with Crippen LogP contribution in [0.5, 0.6) is 0 Å². The monoisotopic (exact) mass is 670 g/mol. The minimum absolute atomic E-state index is 0.00435. The van der Waals surface area contributed by atoms with Crippen molar-refractivity contribution in [3.8, 4) is 5.69 Å². The van der Waals surface area contributed by atoms with Crippen LogP contribution in [0.4, 0.5) is 4.39 Å². The smallest absolute Gasteiger partial charge is 0.256 e. The van der Waals surface area contributed by atoms with Gasteiger partial charge in [-0.05, 0) is 112 Å². The Bertz CT molecular complexity index is 1700. The number of hydrogen-bond acceptors (Lipinski definition) is 5. The van der Waals surface area contributed by atoms with Crippen LogP contribution < -0.4 is 0 Å². The van der Waals surface area contributed by atoms with Gasteiger partial charge in [0.05, 0.1) is 23.0 Å². The maximum atomic E-state index is 14.6. The van der Waals surface area contributed by atoms with Crippen molar-refractivity contribution in [3.05, 3.63) is 59.3 Å². The summed E-state index contributed by atoms with van der Waals surface area (Å²) >= 11 is 0. The molecule has 2 aromatic heterocycles. The summed E-state index contributed by atoms with van der Waals surface area (Å²) < 4.78 is 16.6. The predicted molar refractivity (Wildman–Crippen MR) is 192 cm³/mol. The number of nitrogens with zero attached hydrogens (tertiary/aromatic N) is 6. The SMILES string of the molecule is CC(=O)N1C[C@@H]2CN(C3CC(C(C(C)C)N4CC[C@H](Cc5cn(-c6ccc(F)cc6C(=O)N(C)C(C)C)c6cncc(C)c56)C4)C3)C[C@H]2C1. The van der Waals surface area contributed by atoms with Gasteiger partial charge in [-0.2, -0.15) is 0 Å². The largest absolute Gasteiger partial charge is 0.342 e. The van der Waals surface area contributed by atoms with E-state index in [1.807, 2.05) is 26.2 Å². The van der Waals surface area contributed by atoms with E-state index < -0.39 is 5.82 Å². The second kappa shape index (κ2) is 13.4. The Kier molecular flexibility index (Phi) is 9.37. The lowest BCUT2D eigenvalue weighted by Crippen LogP contribution is -2.53. The van der Waals surface area contributed by atoms with Gasteiger partial charge in [0, 0.05) is 82.6 Å². The first kappa shape index (κ1) is 34.2. The lowest BCUT2D eigenvalue weighted by Gasteiger charge is -2.49. The number of rotatable bonds is 9. The molecule has 9 heteroatoms. The highest BCUT2D eigenvalue weighted by Crippen LogP contribution is 2.44. The molecular formula is C40H55FN6O2. The van der Waals surface area contributed by atoms with Gasteiger partial charge in [-0.1, -0.05) is 13.8 Å². The molecule has 264 valence electrons. The summed E-state index contributed by atoms with van der Waals surface area (Å²) in [5.74, 6) is 2.84. The average molecular weight is 671 g/mol. The molecule has 3 aromatic rings. The van der Waals surface area contributed by atoms with Crippen LogP contribution in [0, 0.1) is 42.3 Å². The second-order valence-electron chi connectivity index (χ2n) is 16.4. The molecule has 1 aromatic carbocycles. The maximum Gasteiger partial charge on any atom is 0.256 e. The molecule has 4 aliphatic rings. The van der Waals surface area contributed by atoms with Crippen molar-refractivity contribution in [2.24, 2.45) is 29.6 Å². The van der Waals surface area contributed by atoms with Crippen LogP contribution in [0.3, 0.4) is 0 Å². The molecule has 49 heavy (non-hydrogen) atoms. The van der Waals surface area contributed by atoms with Gasteiger partial charge in [0.25, 0.3) is 5.91 Å². The highest BCUT2D eigenvalue weighted by atomic mass is 19.1. The van der Waals surface area contributed by atoms with E-state index in [-0.39, 0.29) is 17.9 Å². The summed E-state index contributed by atoms with van der Waals surface area (Å²) in [4.78, 5) is 39.2. The fourth-order valence-electron chi connectivity index (χ4n) is 9.78. The highest BCUT2D eigenvalue weighted by Gasteiger charge is 2.48. The molecule has 3 saturated heterocycles. The summed E-state index contributed by atoms with van der Waals surface area (Å²) in [5.41, 5.74) is 4.40. The van der Waals surface area contributed by atoms with E-state index in [2.05, 4.69) is 51.2 Å². The van der Waals surface area contributed by atoms with E-state index in [0.29, 0.717) is 47.0 Å². The number of carbonyl (C=O) groups is 2. The van der Waals surface area contributed by atoms with E-state index >= 15 is 0 Å². The van der Waals surface area contributed by atoms with Crippen molar-refractivity contribution in [1.82, 2.24) is 29.2 Å². The van der Waals surface area contributed by atoms with Crippen LogP contribution in [-0.4, -0.2) is 105 Å². The Hall–Kier alpha value is -3.30. The van der Waals surface area contributed by atoms with Crippen molar-refractivity contribution in [2.75, 3.05) is 46.3 Å². The van der Waals surface area contributed by atoms with E-state index in [1.54, 1.807) is 24.9 Å². The molecule has 2 amide bonds. The van der Waals surface area contributed by atoms with E-state index in [1.165, 1.54) is 42.3 Å². The third kappa shape index (κ3) is 6.42. The molecule has 0 radical (unpaired) electrons.